The van der Waals surface area contributed by atoms with Gasteiger partial charge in [-0.3, -0.25) is 14.5 Å². The van der Waals surface area contributed by atoms with Crippen molar-refractivity contribution in [2.24, 2.45) is 0 Å². The Balaban J connectivity index is 1.68. The van der Waals surface area contributed by atoms with Gasteiger partial charge in [-0.25, -0.2) is 4.98 Å². The molecule has 1 aliphatic rings. The first-order chi connectivity index (χ1) is 17.8. The lowest BCUT2D eigenvalue weighted by Crippen LogP contribution is -2.29. The van der Waals surface area contributed by atoms with Crippen LogP contribution in [0.5, 0.6) is 5.75 Å². The maximum atomic E-state index is 13.5. The third-order valence-corrected chi connectivity index (χ3v) is 7.57. The predicted octanol–water partition coefficient (Wildman–Crippen LogP) is 6.75. The summed E-state index contributed by atoms with van der Waals surface area (Å²) in [6.45, 7) is 8.62. The van der Waals surface area contributed by atoms with E-state index in [-0.39, 0.29) is 11.3 Å². The van der Waals surface area contributed by atoms with Crippen LogP contribution in [0.4, 0.5) is 5.13 Å². The molecule has 1 atom stereocenters. The van der Waals surface area contributed by atoms with Crippen molar-refractivity contribution in [2.45, 2.75) is 39.7 Å². The molecule has 6 nitrogen and oxygen atoms in total. The molecule has 188 valence electrons. The second-order valence-electron chi connectivity index (χ2n) is 9.42. The minimum absolute atomic E-state index is 0.0559. The van der Waals surface area contributed by atoms with E-state index in [0.29, 0.717) is 34.5 Å². The molecule has 0 spiro atoms. The topological polar surface area (TPSA) is 79.7 Å². The number of aliphatic hydroxyl groups excluding tert-OH is 1. The zero-order valence-electron chi connectivity index (χ0n) is 21.2. The fraction of sp³-hybridized carbons (Fsp3) is 0.233. The number of thiazole rings is 1. The van der Waals surface area contributed by atoms with Gasteiger partial charge in [-0.2, -0.15) is 0 Å². The highest BCUT2D eigenvalue weighted by Crippen LogP contribution is 2.44. The zero-order valence-corrected chi connectivity index (χ0v) is 22.0. The summed E-state index contributed by atoms with van der Waals surface area (Å²) in [6, 6.07) is 19.8. The number of benzene rings is 3. The van der Waals surface area contributed by atoms with Crippen molar-refractivity contribution in [2.75, 3.05) is 11.5 Å². The van der Waals surface area contributed by atoms with Gasteiger partial charge in [-0.15, -0.1) is 0 Å². The van der Waals surface area contributed by atoms with E-state index in [0.717, 1.165) is 21.4 Å². The van der Waals surface area contributed by atoms with Gasteiger partial charge in [0, 0.05) is 5.56 Å². The molecule has 2 heterocycles. The smallest absolute Gasteiger partial charge is 0.301 e. The maximum absolute atomic E-state index is 13.5. The van der Waals surface area contributed by atoms with E-state index >= 15 is 0 Å². The summed E-state index contributed by atoms with van der Waals surface area (Å²) in [5.74, 6) is -0.594. The highest BCUT2D eigenvalue weighted by Gasteiger charge is 2.48. The Morgan fingerprint density at radius 2 is 1.76 bits per heavy atom. The van der Waals surface area contributed by atoms with E-state index < -0.39 is 17.7 Å². The van der Waals surface area contributed by atoms with Crippen LogP contribution in [0, 0.1) is 6.92 Å². The molecule has 0 saturated carbocycles. The molecule has 1 N–H and O–H groups in total. The summed E-state index contributed by atoms with van der Waals surface area (Å²) in [5.41, 5.74) is 4.14. The fourth-order valence-corrected chi connectivity index (χ4v) is 5.55. The summed E-state index contributed by atoms with van der Waals surface area (Å²) < 4.78 is 6.46. The minimum atomic E-state index is -0.811. The van der Waals surface area contributed by atoms with Gasteiger partial charge in [0.2, 0.25) is 0 Å². The molecule has 37 heavy (non-hydrogen) atoms. The van der Waals surface area contributed by atoms with E-state index in [2.05, 4.69) is 13.8 Å². The Kier molecular flexibility index (Phi) is 6.56. The summed E-state index contributed by atoms with van der Waals surface area (Å²) in [7, 11) is 0. The van der Waals surface area contributed by atoms with E-state index in [9.17, 15) is 14.7 Å². The van der Waals surface area contributed by atoms with E-state index in [1.807, 2.05) is 68.4 Å². The number of rotatable bonds is 6. The Hall–Kier alpha value is -3.97. The molecule has 1 aromatic heterocycles. The molecule has 1 unspecified atom stereocenters. The molecule has 0 radical (unpaired) electrons. The molecule has 5 rings (SSSR count). The number of hydrogen-bond donors (Lipinski definition) is 1. The first-order valence-corrected chi connectivity index (χ1v) is 13.1. The van der Waals surface area contributed by atoms with Gasteiger partial charge < -0.3 is 9.84 Å². The number of amides is 1. The summed E-state index contributed by atoms with van der Waals surface area (Å²) in [5, 5.41) is 11.7. The first-order valence-electron chi connectivity index (χ1n) is 12.3. The van der Waals surface area contributed by atoms with Crippen molar-refractivity contribution in [1.82, 2.24) is 4.98 Å². The van der Waals surface area contributed by atoms with Crippen molar-refractivity contribution in [3.05, 3.63) is 94.6 Å². The van der Waals surface area contributed by atoms with Crippen LogP contribution in [-0.2, 0) is 9.59 Å². The number of aliphatic hydroxyl groups is 1. The molecule has 1 amide bonds. The molecule has 7 heteroatoms. The van der Waals surface area contributed by atoms with Crippen LogP contribution in [0.15, 0.2) is 72.3 Å². The van der Waals surface area contributed by atoms with Crippen LogP contribution >= 0.6 is 11.3 Å². The van der Waals surface area contributed by atoms with Gasteiger partial charge in [0.15, 0.2) is 5.13 Å². The van der Waals surface area contributed by atoms with Gasteiger partial charge in [0.1, 0.15) is 11.5 Å². The number of ketones is 1. The molecule has 1 saturated heterocycles. The standard InChI is InChI=1S/C30H28N2O4S/c1-5-36-22-14-15-23-24(16-22)37-30(31-23)32-26(20-12-10-19(11-13-20)17(2)3)25(28(34)29(32)35)27(33)21-8-6-18(4)7-9-21/h6-17,26,33H,5H2,1-4H3/b27-25+. The Morgan fingerprint density at radius 1 is 1.05 bits per heavy atom. The van der Waals surface area contributed by atoms with Crippen LogP contribution in [0.3, 0.4) is 0 Å². The number of ether oxygens (including phenoxy) is 1. The summed E-state index contributed by atoms with van der Waals surface area (Å²) >= 11 is 1.32. The van der Waals surface area contributed by atoms with Crippen LogP contribution in [0.2, 0.25) is 0 Å². The SMILES string of the molecule is CCOc1ccc2nc(N3C(=O)C(=O)/C(=C(/O)c4ccc(C)cc4)C3c3ccc(C(C)C)cc3)sc2c1. The van der Waals surface area contributed by atoms with Crippen LogP contribution in [0.25, 0.3) is 16.0 Å². The number of aromatic nitrogens is 1. The second kappa shape index (κ2) is 9.82. The number of carbonyl (C=O) groups is 2. The van der Waals surface area contributed by atoms with E-state index in [1.54, 1.807) is 12.1 Å². The summed E-state index contributed by atoms with van der Waals surface area (Å²) in [4.78, 5) is 33.0. The van der Waals surface area contributed by atoms with Gasteiger partial charge in [-0.1, -0.05) is 79.3 Å². The average Bonchev–Trinajstić information content (AvgIpc) is 3.42. The van der Waals surface area contributed by atoms with Crippen LogP contribution < -0.4 is 9.64 Å². The van der Waals surface area contributed by atoms with Crippen molar-refractivity contribution in [3.63, 3.8) is 0 Å². The number of hydrogen-bond acceptors (Lipinski definition) is 6. The molecule has 3 aromatic carbocycles. The number of fused-ring (bicyclic) bond motifs is 1. The second-order valence-corrected chi connectivity index (χ2v) is 10.4. The quantitative estimate of drug-likeness (QED) is 0.176. The largest absolute Gasteiger partial charge is 0.507 e. The maximum Gasteiger partial charge on any atom is 0.301 e. The van der Waals surface area contributed by atoms with Crippen molar-refractivity contribution in [1.29, 1.82) is 0 Å². The van der Waals surface area contributed by atoms with E-state index in [1.165, 1.54) is 16.2 Å². The number of carbonyl (C=O) groups excluding carboxylic acids is 2. The van der Waals surface area contributed by atoms with Crippen molar-refractivity contribution in [3.8, 4) is 5.75 Å². The zero-order chi connectivity index (χ0) is 26.3. The normalized spacial score (nSPS) is 17.2. The van der Waals surface area contributed by atoms with Gasteiger partial charge in [0.25, 0.3) is 5.78 Å². The summed E-state index contributed by atoms with van der Waals surface area (Å²) in [6.07, 6.45) is 0. The number of Topliss-reactive ketones (excluding diaryl/α,β-unsaturated/α-hetero) is 1. The Bertz CT molecular complexity index is 1520. The molecular formula is C30H28N2O4S. The Morgan fingerprint density at radius 3 is 2.41 bits per heavy atom. The van der Waals surface area contributed by atoms with Gasteiger partial charge >= 0.3 is 5.91 Å². The molecule has 1 aliphatic heterocycles. The highest BCUT2D eigenvalue weighted by atomic mass is 32.1. The number of anilines is 1. The van der Waals surface area contributed by atoms with Crippen LogP contribution in [0.1, 0.15) is 55.0 Å². The van der Waals surface area contributed by atoms with Crippen molar-refractivity contribution >= 4 is 44.1 Å². The van der Waals surface area contributed by atoms with Gasteiger partial charge in [0.05, 0.1) is 28.4 Å². The monoisotopic (exact) mass is 512 g/mol. The molecule has 0 aliphatic carbocycles. The predicted molar refractivity (Wildman–Crippen MR) is 147 cm³/mol. The third kappa shape index (κ3) is 4.51. The fourth-order valence-electron chi connectivity index (χ4n) is 4.53. The highest BCUT2D eigenvalue weighted by molar-refractivity contribution is 7.22. The number of nitrogens with zero attached hydrogens (tertiary/aromatic N) is 2. The molecule has 4 aromatic rings. The lowest BCUT2D eigenvalue weighted by Gasteiger charge is -2.23. The molecular weight excluding hydrogens is 484 g/mol. The average molecular weight is 513 g/mol. The molecule has 0 bridgehead atoms. The first kappa shape index (κ1) is 24.7. The Labute approximate surface area is 219 Å². The van der Waals surface area contributed by atoms with Crippen LogP contribution in [-0.4, -0.2) is 28.4 Å². The lowest BCUT2D eigenvalue weighted by atomic mass is 9.93. The van der Waals surface area contributed by atoms with Crippen molar-refractivity contribution < 1.29 is 19.4 Å². The number of aryl methyl sites for hydroxylation is 1. The molecule has 1 fully saturated rings. The van der Waals surface area contributed by atoms with Gasteiger partial charge in [-0.05, 0) is 49.1 Å². The minimum Gasteiger partial charge on any atom is -0.507 e. The third-order valence-electron chi connectivity index (χ3n) is 6.55. The lowest BCUT2D eigenvalue weighted by molar-refractivity contribution is -0.132. The van der Waals surface area contributed by atoms with E-state index in [4.69, 9.17) is 9.72 Å².